The molecule has 0 saturated carbocycles. The fraction of sp³-hybridized carbons (Fsp3) is 0.729. The van der Waals surface area contributed by atoms with Crippen LogP contribution in [0.1, 0.15) is 130 Å². The standard InChI is InChI=1S/C48H81N5O13/c1-43(2,3)61-37(55)28-51(23-24-52(29-38(56)62-44(4,5)6)30-39(57)63-45(7,8)9)27-35(53(31-40(58)64-46(10,11)12)32-41(59)65-47(13,14)15)25-33-19-21-34(22-20-33)50-36(54)26-49-42(60)66-48(16,17)18/h19-22,35H,23-32H2,1-18H3,(H,49,60)(H,50,54)/t35-/m1/s1. The number of benzene rings is 1. The number of alkyl carbamates (subject to hydrolysis) is 1. The molecule has 0 aromatic heterocycles. The summed E-state index contributed by atoms with van der Waals surface area (Å²) >= 11 is 0. The van der Waals surface area contributed by atoms with Crippen LogP contribution >= 0.6 is 0 Å². The Kier molecular flexibility index (Phi) is 22.3. The summed E-state index contributed by atoms with van der Waals surface area (Å²) in [5.41, 5.74) is -3.67. The van der Waals surface area contributed by atoms with Gasteiger partial charge in [0.1, 0.15) is 40.2 Å². The van der Waals surface area contributed by atoms with Gasteiger partial charge in [0.05, 0.1) is 32.7 Å². The Labute approximate surface area is 393 Å². The van der Waals surface area contributed by atoms with Gasteiger partial charge in [-0.1, -0.05) is 12.1 Å². The van der Waals surface area contributed by atoms with Gasteiger partial charge in [-0.25, -0.2) is 4.79 Å². The Bertz CT molecular complexity index is 1710. The van der Waals surface area contributed by atoms with Crippen molar-refractivity contribution in [3.05, 3.63) is 29.8 Å². The first kappa shape index (κ1) is 59.2. The minimum absolute atomic E-state index is 0.0619. The number of esters is 5. The maximum atomic E-state index is 13.6. The van der Waals surface area contributed by atoms with Gasteiger partial charge in [-0.3, -0.25) is 43.5 Å². The van der Waals surface area contributed by atoms with E-state index in [0.29, 0.717) is 5.69 Å². The van der Waals surface area contributed by atoms with Crippen molar-refractivity contribution in [2.75, 3.05) is 64.2 Å². The van der Waals surface area contributed by atoms with Crippen LogP contribution in [0.2, 0.25) is 0 Å². The van der Waals surface area contributed by atoms with Gasteiger partial charge < -0.3 is 39.1 Å². The molecule has 18 nitrogen and oxygen atoms in total. The number of rotatable bonds is 21. The summed E-state index contributed by atoms with van der Waals surface area (Å²) in [6.45, 7) is 29.7. The Morgan fingerprint density at radius 3 is 1.17 bits per heavy atom. The van der Waals surface area contributed by atoms with Crippen LogP contribution in [-0.4, -0.2) is 155 Å². The number of hydrogen-bond acceptors (Lipinski definition) is 16. The number of carbonyl (C=O) groups excluding carboxylic acids is 7. The Morgan fingerprint density at radius 1 is 0.470 bits per heavy atom. The summed E-state index contributed by atoms with van der Waals surface area (Å²) in [6, 6.07) is 6.20. The highest BCUT2D eigenvalue weighted by Crippen LogP contribution is 2.19. The monoisotopic (exact) mass is 936 g/mol. The largest absolute Gasteiger partial charge is 0.459 e. The zero-order valence-corrected chi connectivity index (χ0v) is 43.1. The highest BCUT2D eigenvalue weighted by atomic mass is 16.6. The lowest BCUT2D eigenvalue weighted by atomic mass is 10.0. The number of amides is 2. The van der Waals surface area contributed by atoms with E-state index in [0.717, 1.165) is 5.56 Å². The van der Waals surface area contributed by atoms with E-state index < -0.39 is 81.5 Å². The first-order valence-electron chi connectivity index (χ1n) is 22.4. The Balaban J connectivity index is 3.79. The molecule has 1 atom stereocenters. The quantitative estimate of drug-likeness (QED) is 0.112. The lowest BCUT2D eigenvalue weighted by Crippen LogP contribution is -2.52. The molecule has 0 radical (unpaired) electrons. The minimum Gasteiger partial charge on any atom is -0.459 e. The van der Waals surface area contributed by atoms with E-state index in [9.17, 15) is 33.6 Å². The lowest BCUT2D eigenvalue weighted by molar-refractivity contribution is -0.162. The maximum Gasteiger partial charge on any atom is 0.408 e. The van der Waals surface area contributed by atoms with E-state index in [-0.39, 0.29) is 65.3 Å². The molecule has 18 heteroatoms. The molecule has 0 aliphatic rings. The van der Waals surface area contributed by atoms with Crippen molar-refractivity contribution in [2.45, 2.75) is 171 Å². The lowest BCUT2D eigenvalue weighted by Gasteiger charge is -2.36. The van der Waals surface area contributed by atoms with E-state index in [1.54, 1.807) is 164 Å². The Morgan fingerprint density at radius 2 is 0.803 bits per heavy atom. The number of nitrogens with one attached hydrogen (secondary N) is 2. The average Bonchev–Trinajstić information content (AvgIpc) is 3.04. The summed E-state index contributed by atoms with van der Waals surface area (Å²) < 4.78 is 33.6. The molecule has 1 rings (SSSR count). The molecule has 0 unspecified atom stereocenters. The average molecular weight is 936 g/mol. The first-order chi connectivity index (χ1) is 29.7. The van der Waals surface area contributed by atoms with Crippen molar-refractivity contribution in [1.29, 1.82) is 0 Å². The van der Waals surface area contributed by atoms with Gasteiger partial charge >= 0.3 is 35.9 Å². The second kappa shape index (κ2) is 24.8. The van der Waals surface area contributed by atoms with Crippen molar-refractivity contribution < 1.29 is 62.0 Å². The summed E-state index contributed by atoms with van der Waals surface area (Å²) in [5.74, 6) is -3.39. The normalized spacial score (nSPS) is 13.2. The molecule has 0 bridgehead atoms. The first-order valence-corrected chi connectivity index (χ1v) is 22.4. The number of anilines is 1. The fourth-order valence-electron chi connectivity index (χ4n) is 6.07. The van der Waals surface area contributed by atoms with Gasteiger partial charge in [-0.2, -0.15) is 0 Å². The highest BCUT2D eigenvalue weighted by Gasteiger charge is 2.32. The molecule has 0 heterocycles. The molecular formula is C48H81N5O13. The summed E-state index contributed by atoms with van der Waals surface area (Å²) in [4.78, 5) is 96.8. The van der Waals surface area contributed by atoms with Crippen molar-refractivity contribution in [3.63, 3.8) is 0 Å². The van der Waals surface area contributed by atoms with Gasteiger partial charge in [-0.05, 0) is 149 Å². The van der Waals surface area contributed by atoms with E-state index >= 15 is 0 Å². The predicted molar refractivity (Wildman–Crippen MR) is 250 cm³/mol. The third kappa shape index (κ3) is 30.4. The molecule has 0 aliphatic heterocycles. The van der Waals surface area contributed by atoms with Crippen LogP contribution in [0.4, 0.5) is 10.5 Å². The molecule has 0 fully saturated rings. The van der Waals surface area contributed by atoms with Crippen LogP contribution in [0.3, 0.4) is 0 Å². The van der Waals surface area contributed by atoms with Gasteiger partial charge in [0, 0.05) is 31.4 Å². The molecule has 0 aliphatic carbocycles. The second-order valence-electron chi connectivity index (χ2n) is 22.2. The summed E-state index contributed by atoms with van der Waals surface area (Å²) in [7, 11) is 0. The number of carbonyl (C=O) groups is 7. The van der Waals surface area contributed by atoms with Crippen LogP contribution in [0.15, 0.2) is 24.3 Å². The van der Waals surface area contributed by atoms with Crippen LogP contribution in [0, 0.1) is 0 Å². The Hall–Kier alpha value is -4.81. The van der Waals surface area contributed by atoms with Gasteiger partial charge in [0.2, 0.25) is 5.91 Å². The molecular weight excluding hydrogens is 855 g/mol. The van der Waals surface area contributed by atoms with Crippen LogP contribution < -0.4 is 10.6 Å². The van der Waals surface area contributed by atoms with Crippen LogP contribution in [0.5, 0.6) is 0 Å². The van der Waals surface area contributed by atoms with Crippen molar-refractivity contribution in [1.82, 2.24) is 20.0 Å². The van der Waals surface area contributed by atoms with Crippen LogP contribution in [-0.2, 0) is 63.6 Å². The predicted octanol–water partition coefficient (Wildman–Crippen LogP) is 5.68. The van der Waals surface area contributed by atoms with Crippen molar-refractivity contribution in [3.8, 4) is 0 Å². The van der Waals surface area contributed by atoms with Gasteiger partial charge in [0.15, 0.2) is 0 Å². The number of ether oxygens (including phenoxy) is 6. The summed E-state index contributed by atoms with van der Waals surface area (Å²) in [6.07, 6.45) is -0.523. The minimum atomic E-state index is -0.846. The smallest absolute Gasteiger partial charge is 0.408 e. The molecule has 2 amide bonds. The van der Waals surface area contributed by atoms with Crippen LogP contribution in [0.25, 0.3) is 0 Å². The van der Waals surface area contributed by atoms with Crippen molar-refractivity contribution in [2.24, 2.45) is 0 Å². The molecule has 66 heavy (non-hydrogen) atoms. The molecule has 0 saturated heterocycles. The zero-order chi connectivity index (χ0) is 51.1. The van der Waals surface area contributed by atoms with E-state index in [4.69, 9.17) is 28.4 Å². The second-order valence-corrected chi connectivity index (χ2v) is 22.2. The zero-order valence-electron chi connectivity index (χ0n) is 43.1. The van der Waals surface area contributed by atoms with Gasteiger partial charge in [-0.15, -0.1) is 0 Å². The molecule has 1 aromatic rings. The third-order valence-electron chi connectivity index (χ3n) is 8.04. The van der Waals surface area contributed by atoms with E-state index in [2.05, 4.69) is 10.6 Å². The van der Waals surface area contributed by atoms with E-state index in [1.165, 1.54) is 0 Å². The third-order valence-corrected chi connectivity index (χ3v) is 8.04. The molecule has 1 aromatic carbocycles. The van der Waals surface area contributed by atoms with Crippen molar-refractivity contribution >= 4 is 47.5 Å². The number of hydrogen-bond donors (Lipinski definition) is 2. The maximum absolute atomic E-state index is 13.6. The molecule has 0 spiro atoms. The SMILES string of the molecule is CC(C)(C)OC(=O)CN(CCN(CC(=O)OC(C)(C)C)C[C@@H](Cc1ccc(NC(=O)CNC(=O)OC(C)(C)C)cc1)N(CC(=O)OC(C)(C)C)CC(=O)OC(C)(C)C)CC(=O)OC(C)(C)C. The van der Waals surface area contributed by atoms with Gasteiger partial charge in [0.25, 0.3) is 0 Å². The molecule has 2 N–H and O–H groups in total. The summed E-state index contributed by atoms with van der Waals surface area (Å²) in [5, 5.41) is 5.16. The molecule has 376 valence electrons. The highest BCUT2D eigenvalue weighted by molar-refractivity contribution is 5.93. The number of nitrogens with zero attached hydrogens (tertiary/aromatic N) is 3. The van der Waals surface area contributed by atoms with E-state index in [1.807, 2.05) is 0 Å². The fourth-order valence-corrected chi connectivity index (χ4v) is 6.07. The topological polar surface area (TPSA) is 209 Å².